The number of pyridine rings is 1. The average molecular weight is 413 g/mol. The summed E-state index contributed by atoms with van der Waals surface area (Å²) in [5.41, 5.74) is 1.03. The van der Waals surface area contributed by atoms with E-state index in [4.69, 9.17) is 4.74 Å². The van der Waals surface area contributed by atoms with E-state index in [1.807, 2.05) is 0 Å². The zero-order valence-corrected chi connectivity index (χ0v) is 14.5. The number of rotatable bonds is 2. The van der Waals surface area contributed by atoms with Gasteiger partial charge in [-0.15, -0.1) is 0 Å². The summed E-state index contributed by atoms with van der Waals surface area (Å²) in [7, 11) is -4.59. The van der Waals surface area contributed by atoms with Crippen LogP contribution in [0.5, 0.6) is 11.5 Å². The van der Waals surface area contributed by atoms with Crippen LogP contribution in [-0.4, -0.2) is 36.1 Å². The highest BCUT2D eigenvalue weighted by Gasteiger charge is 2.42. The van der Waals surface area contributed by atoms with Crippen molar-refractivity contribution < 1.29 is 40.4 Å². The number of fused-ring (bicyclic) bond motifs is 5. The molecule has 0 saturated carbocycles. The van der Waals surface area contributed by atoms with Gasteiger partial charge in [-0.25, -0.2) is 4.79 Å². The molecule has 1 N–H and O–H groups in total. The Morgan fingerprint density at radius 2 is 1.93 bits per heavy atom. The van der Waals surface area contributed by atoms with Crippen LogP contribution in [0.2, 0.25) is 0 Å². The minimum absolute atomic E-state index is 0.0579. The minimum atomic E-state index is -5.23. The summed E-state index contributed by atoms with van der Waals surface area (Å²) in [5, 5.41) is 0.705. The van der Waals surface area contributed by atoms with Crippen molar-refractivity contribution in [3.63, 3.8) is 0 Å². The first kappa shape index (κ1) is 18.3. The van der Waals surface area contributed by atoms with Gasteiger partial charge in [-0.05, 0) is 18.2 Å². The number of benzene rings is 1. The van der Waals surface area contributed by atoms with E-state index in [0.29, 0.717) is 16.4 Å². The number of hydrogen-bond donors (Lipinski definition) is 1. The van der Waals surface area contributed by atoms with Crippen LogP contribution in [0, 0.1) is 0 Å². The third-order valence-electron chi connectivity index (χ3n) is 4.17. The van der Waals surface area contributed by atoms with Gasteiger partial charge in [-0.1, -0.05) is 18.2 Å². The van der Waals surface area contributed by atoms with E-state index in [0.717, 1.165) is 12.3 Å². The van der Waals surface area contributed by atoms with Gasteiger partial charge in [-0.3, -0.25) is 4.55 Å². The maximum Gasteiger partial charge on any atom is 0.491 e. The van der Waals surface area contributed by atoms with E-state index in [9.17, 15) is 30.9 Å². The normalized spacial score (nSPS) is 14.5. The molecule has 0 bridgehead atoms. The highest BCUT2D eigenvalue weighted by atomic mass is 32.2. The highest BCUT2D eigenvalue weighted by molar-refractivity contribution is 7.90. The van der Waals surface area contributed by atoms with Crippen molar-refractivity contribution in [2.45, 2.75) is 6.18 Å². The van der Waals surface area contributed by atoms with Crippen molar-refractivity contribution in [2.75, 3.05) is 6.61 Å². The lowest BCUT2D eigenvalue weighted by atomic mass is 10.1. The lowest BCUT2D eigenvalue weighted by Crippen LogP contribution is -2.28. The van der Waals surface area contributed by atoms with Crippen molar-refractivity contribution in [3.8, 4) is 11.5 Å². The summed E-state index contributed by atoms with van der Waals surface area (Å²) in [4.78, 5) is 10.8. The number of carbonyl (C=O) groups excluding carboxylic acids is 1. The molecular weight excluding hydrogens is 403 g/mol. The fourth-order valence-electron chi connectivity index (χ4n) is 2.96. The molecule has 7 nitrogen and oxygen atoms in total. The second-order valence-electron chi connectivity index (χ2n) is 5.96. The summed E-state index contributed by atoms with van der Waals surface area (Å²) < 4.78 is 81.3. The molecule has 0 fully saturated rings. The second kappa shape index (κ2) is 5.97. The second-order valence-corrected chi connectivity index (χ2v) is 7.43. The number of ether oxygens (including phenoxy) is 2. The van der Waals surface area contributed by atoms with Crippen LogP contribution < -0.4 is 9.47 Å². The van der Waals surface area contributed by atoms with E-state index in [-0.39, 0.29) is 11.3 Å². The number of aromatic nitrogens is 1. The zero-order valence-electron chi connectivity index (χ0n) is 13.7. The van der Waals surface area contributed by atoms with Crippen LogP contribution in [0.25, 0.3) is 22.5 Å². The summed E-state index contributed by atoms with van der Waals surface area (Å²) in [5.74, 6) is -3.21. The molecule has 2 aromatic heterocycles. The molecule has 11 heteroatoms. The number of esters is 1. The number of para-hydroxylation sites is 1. The molecular formula is C17H10F3NO6S. The number of carbonyl (C=O) groups is 1. The van der Waals surface area contributed by atoms with Crippen molar-refractivity contribution in [2.24, 2.45) is 0 Å². The molecule has 28 heavy (non-hydrogen) atoms. The molecule has 3 aromatic rings. The Labute approximate surface area is 155 Å². The van der Waals surface area contributed by atoms with Crippen molar-refractivity contribution in [1.82, 2.24) is 4.40 Å². The van der Waals surface area contributed by atoms with Gasteiger partial charge in [0.25, 0.3) is 10.1 Å². The topological polar surface area (TPSA) is 94.3 Å². The molecule has 1 aromatic carbocycles. The summed E-state index contributed by atoms with van der Waals surface area (Å²) >= 11 is 0. The predicted octanol–water partition coefficient (Wildman–Crippen LogP) is 3.18. The maximum absolute atomic E-state index is 12.6. The van der Waals surface area contributed by atoms with Crippen molar-refractivity contribution >= 4 is 38.6 Å². The van der Waals surface area contributed by atoms with Gasteiger partial charge in [0, 0.05) is 10.9 Å². The lowest BCUT2D eigenvalue weighted by Gasteiger charge is -2.20. The monoisotopic (exact) mass is 413 g/mol. The first-order chi connectivity index (χ1) is 13.1. The van der Waals surface area contributed by atoms with E-state index < -0.39 is 39.5 Å². The van der Waals surface area contributed by atoms with Gasteiger partial charge in [0.05, 0.1) is 17.2 Å². The first-order valence-corrected chi connectivity index (χ1v) is 9.16. The molecule has 0 unspecified atom stereocenters. The molecule has 0 radical (unpaired) electrons. The Bertz CT molecular complexity index is 1270. The SMILES string of the molecule is O=C(Oc1cn2c(cc3ccccc32)c2c1OCC(S(=O)(=O)O)=C2)C(F)(F)F. The number of hydrogen-bond acceptors (Lipinski definition) is 5. The molecule has 0 spiro atoms. The Hall–Kier alpha value is -3.05. The molecule has 0 amide bonds. The Morgan fingerprint density at radius 3 is 2.61 bits per heavy atom. The van der Waals surface area contributed by atoms with Gasteiger partial charge in [0.1, 0.15) is 11.5 Å². The molecule has 0 aliphatic carbocycles. The van der Waals surface area contributed by atoms with Gasteiger partial charge in [0.15, 0.2) is 11.5 Å². The summed E-state index contributed by atoms with van der Waals surface area (Å²) in [6, 6.07) is 8.53. The highest BCUT2D eigenvalue weighted by Crippen LogP contribution is 2.41. The number of nitrogens with zero attached hydrogens (tertiary/aromatic N) is 1. The largest absolute Gasteiger partial charge is 0.491 e. The van der Waals surface area contributed by atoms with Gasteiger partial charge >= 0.3 is 12.1 Å². The summed E-state index contributed by atoms with van der Waals surface area (Å²) in [6.07, 6.45) is -3.00. The van der Waals surface area contributed by atoms with E-state index in [2.05, 4.69) is 4.74 Å². The first-order valence-electron chi connectivity index (χ1n) is 7.72. The summed E-state index contributed by atoms with van der Waals surface area (Å²) in [6.45, 7) is -0.626. The molecule has 0 saturated heterocycles. The number of alkyl halides is 3. The quantitative estimate of drug-likeness (QED) is 0.512. The van der Waals surface area contributed by atoms with Gasteiger partial charge in [0.2, 0.25) is 0 Å². The van der Waals surface area contributed by atoms with Crippen LogP contribution in [-0.2, 0) is 14.9 Å². The van der Waals surface area contributed by atoms with Crippen LogP contribution in [0.4, 0.5) is 13.2 Å². The minimum Gasteiger partial charge on any atom is -0.483 e. The fraction of sp³-hybridized carbons (Fsp3) is 0.118. The third kappa shape index (κ3) is 2.98. The standard InChI is InChI=1S/C17H10F3NO6S/c18-17(19,20)16(22)27-14-7-21-12-4-2-1-3-9(12)5-13(21)11-6-10(28(23,24)25)8-26-15(11)14/h1-7H,8H2,(H,23,24,25). The fourth-order valence-corrected chi connectivity index (χ4v) is 3.44. The Morgan fingerprint density at radius 1 is 1.21 bits per heavy atom. The molecule has 1 aliphatic rings. The van der Waals surface area contributed by atoms with Crippen LogP contribution in [0.15, 0.2) is 41.4 Å². The maximum atomic E-state index is 12.6. The molecule has 3 heterocycles. The van der Waals surface area contributed by atoms with Crippen LogP contribution in [0.3, 0.4) is 0 Å². The van der Waals surface area contributed by atoms with Crippen LogP contribution >= 0.6 is 0 Å². The van der Waals surface area contributed by atoms with Crippen molar-refractivity contribution in [3.05, 3.63) is 47.0 Å². The Kier molecular flexibility index (Phi) is 3.91. The van der Waals surface area contributed by atoms with E-state index in [1.54, 1.807) is 30.3 Å². The lowest BCUT2D eigenvalue weighted by molar-refractivity contribution is -0.189. The van der Waals surface area contributed by atoms with E-state index >= 15 is 0 Å². The third-order valence-corrected chi connectivity index (χ3v) is 5.07. The van der Waals surface area contributed by atoms with Crippen molar-refractivity contribution in [1.29, 1.82) is 0 Å². The molecule has 1 aliphatic heterocycles. The number of halogens is 3. The van der Waals surface area contributed by atoms with Crippen LogP contribution in [0.1, 0.15) is 5.56 Å². The Balaban J connectivity index is 2.03. The smallest absolute Gasteiger partial charge is 0.483 e. The predicted molar refractivity (Wildman–Crippen MR) is 91.6 cm³/mol. The molecule has 0 atom stereocenters. The van der Waals surface area contributed by atoms with Gasteiger partial charge < -0.3 is 13.9 Å². The molecule has 146 valence electrons. The molecule has 4 rings (SSSR count). The van der Waals surface area contributed by atoms with Gasteiger partial charge in [-0.2, -0.15) is 21.6 Å². The van der Waals surface area contributed by atoms with E-state index in [1.165, 1.54) is 4.40 Å². The zero-order chi connectivity index (χ0) is 20.3. The average Bonchev–Trinajstić information content (AvgIpc) is 2.98.